The van der Waals surface area contributed by atoms with Crippen LogP contribution in [-0.2, 0) is 4.74 Å². The van der Waals surface area contributed by atoms with Gasteiger partial charge in [-0.1, -0.05) is 47.5 Å². The molecule has 0 radical (unpaired) electrons. The Kier molecular flexibility index (Phi) is 7.38. The molecule has 0 bridgehead atoms. The fourth-order valence-corrected chi connectivity index (χ4v) is 3.08. The van der Waals surface area contributed by atoms with Crippen LogP contribution in [0.25, 0.3) is 0 Å². The summed E-state index contributed by atoms with van der Waals surface area (Å²) in [6.07, 6.45) is 8.20. The third-order valence-corrected chi connectivity index (χ3v) is 4.25. The Morgan fingerprint density at radius 3 is 2.47 bits per heavy atom. The minimum atomic E-state index is 0.380. The second-order valence-corrected chi connectivity index (χ2v) is 7.35. The van der Waals surface area contributed by atoms with Gasteiger partial charge in [-0.15, -0.1) is 0 Å². The van der Waals surface area contributed by atoms with Crippen molar-refractivity contribution in [2.75, 3.05) is 13.2 Å². The highest BCUT2D eigenvalue weighted by Gasteiger charge is 2.30. The van der Waals surface area contributed by atoms with Gasteiger partial charge in [-0.05, 0) is 43.6 Å². The molecular weight excluding hydrogens is 234 g/mol. The number of likely N-dealkylation sites (N-methyl/N-ethyl adjacent to an activating group) is 1. The van der Waals surface area contributed by atoms with Crippen molar-refractivity contribution in [1.82, 2.24) is 5.32 Å². The molecule has 0 heterocycles. The molecule has 2 nitrogen and oxygen atoms in total. The first-order chi connectivity index (χ1) is 8.96. The summed E-state index contributed by atoms with van der Waals surface area (Å²) in [5.74, 6) is 0.888. The van der Waals surface area contributed by atoms with Gasteiger partial charge in [-0.3, -0.25) is 0 Å². The van der Waals surface area contributed by atoms with Crippen LogP contribution in [0.5, 0.6) is 0 Å². The van der Waals surface area contributed by atoms with Gasteiger partial charge in [0.05, 0.1) is 6.10 Å². The zero-order chi connectivity index (χ0) is 14.3. The molecule has 0 aromatic carbocycles. The molecule has 19 heavy (non-hydrogen) atoms. The fraction of sp³-hybridized carbons (Fsp3) is 1.00. The Labute approximate surface area is 120 Å². The van der Waals surface area contributed by atoms with Crippen molar-refractivity contribution in [2.45, 2.75) is 85.3 Å². The van der Waals surface area contributed by atoms with E-state index in [1.165, 1.54) is 32.1 Å². The van der Waals surface area contributed by atoms with Crippen LogP contribution >= 0.6 is 0 Å². The molecule has 2 heteroatoms. The van der Waals surface area contributed by atoms with Gasteiger partial charge in [0.15, 0.2) is 0 Å². The second-order valence-electron chi connectivity index (χ2n) is 7.35. The van der Waals surface area contributed by atoms with Gasteiger partial charge in [-0.25, -0.2) is 0 Å². The largest absolute Gasteiger partial charge is 0.377 e. The number of hydrogen-bond donors (Lipinski definition) is 1. The Hall–Kier alpha value is -0.0800. The minimum absolute atomic E-state index is 0.380. The maximum absolute atomic E-state index is 6.24. The SMILES string of the molecule is CCCC1CCC(NCC)C(OCCC(C)(C)C)C1. The van der Waals surface area contributed by atoms with Crippen molar-refractivity contribution in [1.29, 1.82) is 0 Å². The molecule has 1 N–H and O–H groups in total. The molecule has 1 aliphatic carbocycles. The van der Waals surface area contributed by atoms with E-state index in [0.29, 0.717) is 17.6 Å². The molecule has 1 rings (SSSR count). The molecule has 114 valence electrons. The van der Waals surface area contributed by atoms with Gasteiger partial charge >= 0.3 is 0 Å². The van der Waals surface area contributed by atoms with Crippen molar-refractivity contribution in [3.63, 3.8) is 0 Å². The van der Waals surface area contributed by atoms with Gasteiger partial charge in [0.25, 0.3) is 0 Å². The van der Waals surface area contributed by atoms with Crippen LogP contribution in [0.3, 0.4) is 0 Å². The van der Waals surface area contributed by atoms with Crippen LogP contribution < -0.4 is 5.32 Å². The molecule has 0 amide bonds. The van der Waals surface area contributed by atoms with E-state index in [-0.39, 0.29) is 0 Å². The first-order valence-electron chi connectivity index (χ1n) is 8.31. The highest BCUT2D eigenvalue weighted by molar-refractivity contribution is 4.85. The van der Waals surface area contributed by atoms with E-state index >= 15 is 0 Å². The highest BCUT2D eigenvalue weighted by atomic mass is 16.5. The number of rotatable bonds is 7. The molecule has 3 atom stereocenters. The number of hydrogen-bond acceptors (Lipinski definition) is 2. The summed E-state index contributed by atoms with van der Waals surface area (Å²) in [5.41, 5.74) is 0.380. The average molecular weight is 269 g/mol. The first kappa shape index (κ1) is 17.0. The lowest BCUT2D eigenvalue weighted by Gasteiger charge is -2.37. The van der Waals surface area contributed by atoms with E-state index in [9.17, 15) is 0 Å². The first-order valence-corrected chi connectivity index (χ1v) is 8.31. The van der Waals surface area contributed by atoms with E-state index in [0.717, 1.165) is 25.5 Å². The molecule has 0 spiro atoms. The van der Waals surface area contributed by atoms with E-state index in [2.05, 4.69) is 39.9 Å². The Morgan fingerprint density at radius 2 is 1.89 bits per heavy atom. The molecule has 0 aromatic heterocycles. The standard InChI is InChI=1S/C17H35NO/c1-6-8-14-9-10-15(18-7-2)16(13-14)19-12-11-17(3,4)5/h14-16,18H,6-13H2,1-5H3. The average Bonchev–Trinajstić information content (AvgIpc) is 2.31. The lowest BCUT2D eigenvalue weighted by Crippen LogP contribution is -2.45. The Morgan fingerprint density at radius 1 is 1.16 bits per heavy atom. The molecule has 1 aliphatic rings. The van der Waals surface area contributed by atoms with Crippen molar-refractivity contribution in [3.05, 3.63) is 0 Å². The van der Waals surface area contributed by atoms with Crippen LogP contribution in [0.15, 0.2) is 0 Å². The van der Waals surface area contributed by atoms with E-state index in [4.69, 9.17) is 4.74 Å². The van der Waals surface area contributed by atoms with Crippen molar-refractivity contribution >= 4 is 0 Å². The monoisotopic (exact) mass is 269 g/mol. The molecule has 0 aliphatic heterocycles. The summed E-state index contributed by atoms with van der Waals surface area (Å²) in [7, 11) is 0. The molecule has 0 aromatic rings. The predicted octanol–water partition coefficient (Wildman–Crippen LogP) is 4.39. The quantitative estimate of drug-likeness (QED) is 0.740. The van der Waals surface area contributed by atoms with Gasteiger partial charge in [0.1, 0.15) is 0 Å². The van der Waals surface area contributed by atoms with Crippen molar-refractivity contribution in [3.8, 4) is 0 Å². The molecule has 3 unspecified atom stereocenters. The van der Waals surface area contributed by atoms with Crippen LogP contribution in [0.2, 0.25) is 0 Å². The van der Waals surface area contributed by atoms with Crippen LogP contribution in [0.1, 0.15) is 73.1 Å². The van der Waals surface area contributed by atoms with E-state index < -0.39 is 0 Å². The van der Waals surface area contributed by atoms with E-state index in [1.807, 2.05) is 0 Å². The topological polar surface area (TPSA) is 21.3 Å². The maximum Gasteiger partial charge on any atom is 0.0730 e. The summed E-state index contributed by atoms with van der Waals surface area (Å²) >= 11 is 0. The predicted molar refractivity (Wildman–Crippen MR) is 83.5 cm³/mol. The van der Waals surface area contributed by atoms with Gasteiger partial charge < -0.3 is 10.1 Å². The smallest absolute Gasteiger partial charge is 0.0730 e. The third kappa shape index (κ3) is 6.76. The molecule has 0 saturated heterocycles. The summed E-state index contributed by atoms with van der Waals surface area (Å²) in [6.45, 7) is 13.3. The molecule has 1 saturated carbocycles. The molecule has 1 fully saturated rings. The molecular formula is C17H35NO. The van der Waals surface area contributed by atoms with Gasteiger partial charge in [0.2, 0.25) is 0 Å². The van der Waals surface area contributed by atoms with Gasteiger partial charge in [-0.2, -0.15) is 0 Å². The van der Waals surface area contributed by atoms with Gasteiger partial charge in [0, 0.05) is 12.6 Å². The highest BCUT2D eigenvalue weighted by Crippen LogP contribution is 2.30. The van der Waals surface area contributed by atoms with E-state index in [1.54, 1.807) is 0 Å². The lowest BCUT2D eigenvalue weighted by molar-refractivity contribution is -0.0195. The van der Waals surface area contributed by atoms with Crippen LogP contribution in [0, 0.1) is 11.3 Å². The Bertz CT molecular complexity index is 234. The summed E-state index contributed by atoms with van der Waals surface area (Å²) in [5, 5.41) is 3.62. The second kappa shape index (κ2) is 8.26. The maximum atomic E-state index is 6.24. The zero-order valence-electron chi connectivity index (χ0n) is 13.8. The van der Waals surface area contributed by atoms with Crippen LogP contribution in [0.4, 0.5) is 0 Å². The van der Waals surface area contributed by atoms with Crippen molar-refractivity contribution in [2.24, 2.45) is 11.3 Å². The van der Waals surface area contributed by atoms with Crippen LogP contribution in [-0.4, -0.2) is 25.3 Å². The summed E-state index contributed by atoms with van der Waals surface area (Å²) in [6, 6.07) is 0.582. The Balaban J connectivity index is 2.42. The van der Waals surface area contributed by atoms with Crippen molar-refractivity contribution < 1.29 is 4.74 Å². The fourth-order valence-electron chi connectivity index (χ4n) is 3.08. The number of ether oxygens (including phenoxy) is 1. The normalized spacial score (nSPS) is 28.6. The lowest BCUT2D eigenvalue weighted by atomic mass is 9.81. The zero-order valence-corrected chi connectivity index (χ0v) is 13.8. The third-order valence-electron chi connectivity index (χ3n) is 4.25. The minimum Gasteiger partial charge on any atom is -0.377 e. The summed E-state index contributed by atoms with van der Waals surface area (Å²) < 4.78 is 6.24. The number of nitrogens with one attached hydrogen (secondary N) is 1. The summed E-state index contributed by atoms with van der Waals surface area (Å²) in [4.78, 5) is 0.